The summed E-state index contributed by atoms with van der Waals surface area (Å²) in [7, 11) is 0. The van der Waals surface area contributed by atoms with Gasteiger partial charge >= 0.3 is 0 Å². The zero-order valence-electron chi connectivity index (χ0n) is 21.1. The lowest BCUT2D eigenvalue weighted by Crippen LogP contribution is -2.38. The molecule has 4 aliphatic carbocycles. The Morgan fingerprint density at radius 1 is 0.917 bits per heavy atom. The fourth-order valence-corrected chi connectivity index (χ4v) is 6.61. The summed E-state index contributed by atoms with van der Waals surface area (Å²) < 4.78 is 0. The lowest BCUT2D eigenvalue weighted by atomic mass is 9.64. The number of nitrogens with one attached hydrogen (secondary N) is 3. The van der Waals surface area contributed by atoms with E-state index < -0.39 is 0 Å². The number of H-pyrrole nitrogens is 1. The summed E-state index contributed by atoms with van der Waals surface area (Å²) in [6.45, 7) is 2.28. The molecule has 0 aliphatic heterocycles. The number of carbonyl (C=O) groups excluding carboxylic acids is 2. The minimum Gasteiger partial charge on any atom is -0.349 e. The Labute approximate surface area is 212 Å². The van der Waals surface area contributed by atoms with Gasteiger partial charge in [0.25, 0.3) is 5.91 Å². The van der Waals surface area contributed by atoms with Crippen molar-refractivity contribution in [2.24, 2.45) is 23.7 Å². The summed E-state index contributed by atoms with van der Waals surface area (Å²) in [6, 6.07) is 13.8. The lowest BCUT2D eigenvalue weighted by Gasteiger charge is -2.41. The highest BCUT2D eigenvalue weighted by Gasteiger charge is 2.39. The second-order valence-corrected chi connectivity index (χ2v) is 11.4. The molecule has 3 aromatic rings. The second kappa shape index (κ2) is 9.72. The predicted molar refractivity (Wildman–Crippen MR) is 143 cm³/mol. The van der Waals surface area contributed by atoms with Crippen molar-refractivity contribution in [2.75, 3.05) is 5.32 Å². The Morgan fingerprint density at radius 2 is 1.67 bits per heavy atom. The molecule has 4 aliphatic rings. The lowest BCUT2D eigenvalue weighted by molar-refractivity contribution is -0.124. The number of nitrogens with zero attached hydrogens (tertiary/aromatic N) is 1. The van der Waals surface area contributed by atoms with E-state index in [1.807, 2.05) is 42.5 Å². The van der Waals surface area contributed by atoms with E-state index in [9.17, 15) is 9.59 Å². The molecule has 3 N–H and O–H groups in total. The van der Waals surface area contributed by atoms with Crippen LogP contribution in [0.1, 0.15) is 75.1 Å². The molecule has 2 bridgehead atoms. The number of fused-ring (bicyclic) bond motifs is 4. The van der Waals surface area contributed by atoms with E-state index in [4.69, 9.17) is 4.98 Å². The molecule has 2 amide bonds. The van der Waals surface area contributed by atoms with Gasteiger partial charge in [-0.15, -0.1) is 0 Å². The van der Waals surface area contributed by atoms with E-state index in [1.54, 1.807) is 0 Å². The van der Waals surface area contributed by atoms with E-state index in [0.717, 1.165) is 59.2 Å². The van der Waals surface area contributed by atoms with E-state index in [-0.39, 0.29) is 23.8 Å². The summed E-state index contributed by atoms with van der Waals surface area (Å²) in [5.41, 5.74) is 4.16. The fraction of sp³-hybridized carbons (Fsp3) is 0.500. The van der Waals surface area contributed by atoms with Crippen LogP contribution in [0.25, 0.3) is 22.4 Å². The van der Waals surface area contributed by atoms with Crippen molar-refractivity contribution in [1.82, 2.24) is 15.3 Å². The zero-order chi connectivity index (χ0) is 24.6. The summed E-state index contributed by atoms with van der Waals surface area (Å²) in [5.74, 6) is 3.12. The van der Waals surface area contributed by atoms with Crippen molar-refractivity contribution in [2.45, 2.75) is 70.8 Å². The highest BCUT2D eigenvalue weighted by molar-refractivity contribution is 5.96. The quantitative estimate of drug-likeness (QED) is 0.397. The van der Waals surface area contributed by atoms with Gasteiger partial charge in [0.2, 0.25) is 5.91 Å². The largest absolute Gasteiger partial charge is 0.349 e. The third-order valence-corrected chi connectivity index (χ3v) is 8.91. The maximum absolute atomic E-state index is 13.0. The van der Waals surface area contributed by atoms with Gasteiger partial charge in [-0.05, 0) is 93.0 Å². The molecule has 6 nitrogen and oxygen atoms in total. The molecule has 0 saturated heterocycles. The average Bonchev–Trinajstić information content (AvgIpc) is 3.34. The van der Waals surface area contributed by atoms with Crippen LogP contribution in [0.3, 0.4) is 0 Å². The van der Waals surface area contributed by atoms with Gasteiger partial charge in [-0.2, -0.15) is 0 Å². The van der Waals surface area contributed by atoms with Gasteiger partial charge < -0.3 is 15.6 Å². The first kappa shape index (κ1) is 23.3. The molecule has 1 aromatic heterocycles. The molecule has 7 rings (SSSR count). The highest BCUT2D eigenvalue weighted by atomic mass is 16.2. The summed E-state index contributed by atoms with van der Waals surface area (Å²) in [6.07, 6.45) is 10.5. The van der Waals surface area contributed by atoms with Gasteiger partial charge in [-0.25, -0.2) is 4.98 Å². The zero-order valence-corrected chi connectivity index (χ0v) is 21.1. The molecule has 0 radical (unpaired) electrons. The number of hydrogen-bond donors (Lipinski definition) is 3. The number of aromatic nitrogens is 2. The Hall–Kier alpha value is -3.15. The third-order valence-electron chi connectivity index (χ3n) is 8.91. The predicted octanol–water partition coefficient (Wildman–Crippen LogP) is 6.30. The van der Waals surface area contributed by atoms with Crippen molar-refractivity contribution < 1.29 is 9.59 Å². The van der Waals surface area contributed by atoms with Crippen LogP contribution in [0.4, 0.5) is 5.69 Å². The number of rotatable bonds is 5. The van der Waals surface area contributed by atoms with Crippen LogP contribution < -0.4 is 10.6 Å². The molecule has 1 atom stereocenters. The average molecular weight is 485 g/mol. The Kier molecular flexibility index (Phi) is 6.28. The van der Waals surface area contributed by atoms with Crippen LogP contribution in [0, 0.1) is 23.7 Å². The van der Waals surface area contributed by atoms with Gasteiger partial charge in [-0.1, -0.05) is 31.9 Å². The number of hydrogen-bond acceptors (Lipinski definition) is 3. The van der Waals surface area contributed by atoms with Crippen molar-refractivity contribution in [3.8, 4) is 11.4 Å². The van der Waals surface area contributed by atoms with Crippen LogP contribution in [-0.4, -0.2) is 27.8 Å². The minimum atomic E-state index is -0.00252. The fourth-order valence-electron chi connectivity index (χ4n) is 6.61. The SMILES string of the molecule is CC1CCC(NC(=O)c2ccc(-c3nc4ccc(NC(=O)C5CC6CCC5CC6)cc4[nH]3)cc2)CC1. The van der Waals surface area contributed by atoms with Gasteiger partial charge in [-0.3, -0.25) is 9.59 Å². The van der Waals surface area contributed by atoms with Crippen LogP contribution in [0.15, 0.2) is 42.5 Å². The van der Waals surface area contributed by atoms with E-state index in [2.05, 4.69) is 22.5 Å². The van der Waals surface area contributed by atoms with Gasteiger partial charge in [0.05, 0.1) is 11.0 Å². The van der Waals surface area contributed by atoms with Crippen LogP contribution in [0.5, 0.6) is 0 Å². The van der Waals surface area contributed by atoms with Crippen molar-refractivity contribution in [1.29, 1.82) is 0 Å². The Bertz CT molecular complexity index is 1250. The monoisotopic (exact) mass is 484 g/mol. The Balaban J connectivity index is 1.12. The summed E-state index contributed by atoms with van der Waals surface area (Å²) >= 11 is 0. The molecule has 188 valence electrons. The number of carbonyl (C=O) groups is 2. The molecule has 1 heterocycles. The molecular formula is C30H36N4O2. The van der Waals surface area contributed by atoms with Crippen LogP contribution in [0.2, 0.25) is 0 Å². The Morgan fingerprint density at radius 3 is 2.36 bits per heavy atom. The molecule has 2 aromatic carbocycles. The normalized spacial score (nSPS) is 27.6. The van der Waals surface area contributed by atoms with Crippen molar-refractivity contribution in [3.63, 3.8) is 0 Å². The first-order chi connectivity index (χ1) is 17.5. The second-order valence-electron chi connectivity index (χ2n) is 11.4. The molecule has 6 heteroatoms. The first-order valence-electron chi connectivity index (χ1n) is 13.7. The third kappa shape index (κ3) is 4.78. The standard InChI is InChI=1S/C30H36N4O2/c1-18-2-12-23(13-3-18)31-29(35)22-10-8-21(9-11-22)28-33-26-15-14-24(17-27(26)34-28)32-30(36)25-16-19-4-6-20(25)7-5-19/h8-11,14-15,17-20,23,25H,2-7,12-13,16H2,1H3,(H,31,35)(H,32,36)(H,33,34). The molecule has 4 fully saturated rings. The molecule has 36 heavy (non-hydrogen) atoms. The van der Waals surface area contributed by atoms with Gasteiger partial charge in [0, 0.05) is 28.8 Å². The van der Waals surface area contributed by atoms with Gasteiger partial charge in [0.15, 0.2) is 0 Å². The number of aromatic amines is 1. The van der Waals surface area contributed by atoms with Crippen LogP contribution in [-0.2, 0) is 4.79 Å². The van der Waals surface area contributed by atoms with Gasteiger partial charge in [0.1, 0.15) is 5.82 Å². The maximum atomic E-state index is 13.0. The number of imidazole rings is 1. The molecule has 4 saturated carbocycles. The topological polar surface area (TPSA) is 86.9 Å². The van der Waals surface area contributed by atoms with E-state index >= 15 is 0 Å². The van der Waals surface area contributed by atoms with E-state index in [1.165, 1.54) is 38.5 Å². The van der Waals surface area contributed by atoms with Crippen molar-refractivity contribution in [3.05, 3.63) is 48.0 Å². The summed E-state index contributed by atoms with van der Waals surface area (Å²) in [4.78, 5) is 33.8. The van der Waals surface area contributed by atoms with Crippen LogP contribution >= 0.6 is 0 Å². The smallest absolute Gasteiger partial charge is 0.251 e. The molecule has 0 spiro atoms. The minimum absolute atomic E-state index is 0.00252. The van der Waals surface area contributed by atoms with E-state index in [0.29, 0.717) is 11.5 Å². The highest BCUT2D eigenvalue weighted by Crippen LogP contribution is 2.45. The molecular weight excluding hydrogens is 448 g/mol. The number of amides is 2. The summed E-state index contributed by atoms with van der Waals surface area (Å²) in [5, 5.41) is 6.36. The molecule has 1 unspecified atom stereocenters. The number of benzene rings is 2. The maximum Gasteiger partial charge on any atom is 0.251 e. The first-order valence-corrected chi connectivity index (χ1v) is 13.7. The van der Waals surface area contributed by atoms with Crippen molar-refractivity contribution >= 4 is 28.5 Å². The number of anilines is 1.